The standard InChI is InChI=1S/C70H50N4/c1-4-47-18-32-61(33-19-47)73(63-42-56(50-12-8-6-9-13-50)40-58(44-63)52-22-16-49(46-71)17-23-52)67-38-28-54-27-37-66-68(39-29-55-26-36-65(67)69(54)70(55)66)74(62-34-20-48(5-2)21-35-62)64-43-57(51-14-10-7-11-15-51)41-59(45-64)53-24-30-60(72-3)31-25-53/h6-45H,4-5H2,1-2H3. The SMILES string of the molecule is [C-]#[N+]c1ccc(-c2cc(-c3ccccc3)cc(N(c3ccc(CC)cc3)c3ccc4ccc5c(N(c6ccc(CC)cc6)c6cc(-c7ccccc7)cc(-c7ccc(C#N)cc7)c6)ccc6ccc3c4c65)c2)cc1. The lowest BCUT2D eigenvalue weighted by atomic mass is 9.91. The first kappa shape index (κ1) is 45.4. The molecule has 0 unspecified atom stereocenters. The summed E-state index contributed by atoms with van der Waals surface area (Å²) in [5.74, 6) is 0. The molecule has 4 heteroatoms. The van der Waals surface area contributed by atoms with Crippen molar-refractivity contribution in [1.29, 1.82) is 5.26 Å². The second-order valence-corrected chi connectivity index (χ2v) is 18.9. The van der Waals surface area contributed by atoms with Crippen LogP contribution in [0.4, 0.5) is 39.8 Å². The predicted molar refractivity (Wildman–Crippen MR) is 311 cm³/mol. The second kappa shape index (κ2) is 19.5. The summed E-state index contributed by atoms with van der Waals surface area (Å²) in [6.45, 7) is 12.0. The smallest absolute Gasteiger partial charge is 0.187 e. The summed E-state index contributed by atoms with van der Waals surface area (Å²) < 4.78 is 0. The average Bonchev–Trinajstić information content (AvgIpc) is 3.48. The minimum absolute atomic E-state index is 0.619. The van der Waals surface area contributed by atoms with Crippen LogP contribution in [-0.4, -0.2) is 0 Å². The van der Waals surface area contributed by atoms with Gasteiger partial charge in [0.25, 0.3) is 0 Å². The van der Waals surface area contributed by atoms with Crippen LogP contribution in [0.15, 0.2) is 243 Å². The fourth-order valence-electron chi connectivity index (χ4n) is 10.7. The highest BCUT2D eigenvalue weighted by Gasteiger charge is 2.24. The van der Waals surface area contributed by atoms with Crippen molar-refractivity contribution in [1.82, 2.24) is 0 Å². The molecule has 0 aliphatic heterocycles. The highest BCUT2D eigenvalue weighted by molar-refractivity contribution is 6.28. The van der Waals surface area contributed by atoms with Crippen molar-refractivity contribution in [3.63, 3.8) is 0 Å². The molecule has 0 amide bonds. The van der Waals surface area contributed by atoms with Crippen molar-refractivity contribution >= 4 is 72.1 Å². The Morgan fingerprint density at radius 3 is 1.14 bits per heavy atom. The first-order valence-electron chi connectivity index (χ1n) is 25.3. The van der Waals surface area contributed by atoms with Crippen molar-refractivity contribution in [3.05, 3.63) is 271 Å². The average molecular weight is 947 g/mol. The topological polar surface area (TPSA) is 34.6 Å². The first-order chi connectivity index (χ1) is 36.5. The third-order valence-corrected chi connectivity index (χ3v) is 14.5. The number of hydrogen-bond donors (Lipinski definition) is 0. The molecule has 0 bridgehead atoms. The molecule has 0 spiro atoms. The number of anilines is 6. The number of hydrogen-bond acceptors (Lipinski definition) is 3. The number of nitriles is 1. The van der Waals surface area contributed by atoms with Gasteiger partial charge in [-0.05, 0) is 175 Å². The molecule has 0 heterocycles. The molecule has 350 valence electrons. The van der Waals surface area contributed by atoms with E-state index >= 15 is 0 Å². The molecule has 0 fully saturated rings. The van der Waals surface area contributed by atoms with E-state index in [1.165, 1.54) is 32.7 Å². The summed E-state index contributed by atoms with van der Waals surface area (Å²) >= 11 is 0. The number of nitrogens with zero attached hydrogens (tertiary/aromatic N) is 4. The Labute approximate surface area is 433 Å². The van der Waals surface area contributed by atoms with E-state index in [9.17, 15) is 5.26 Å². The van der Waals surface area contributed by atoms with Crippen LogP contribution in [-0.2, 0) is 12.8 Å². The second-order valence-electron chi connectivity index (χ2n) is 18.9. The molecule has 0 radical (unpaired) electrons. The maximum atomic E-state index is 9.70. The van der Waals surface area contributed by atoms with Crippen molar-refractivity contribution < 1.29 is 0 Å². The van der Waals surface area contributed by atoms with Crippen LogP contribution in [0.3, 0.4) is 0 Å². The third-order valence-electron chi connectivity index (χ3n) is 14.5. The van der Waals surface area contributed by atoms with Gasteiger partial charge in [0.05, 0.1) is 29.6 Å². The van der Waals surface area contributed by atoms with Crippen molar-refractivity contribution in [2.45, 2.75) is 26.7 Å². The van der Waals surface area contributed by atoms with Crippen LogP contribution in [0.5, 0.6) is 0 Å². The minimum Gasteiger partial charge on any atom is -0.310 e. The monoisotopic (exact) mass is 946 g/mol. The Hall–Kier alpha value is -9.74. The van der Waals surface area contributed by atoms with Gasteiger partial charge in [0.15, 0.2) is 5.69 Å². The quantitative estimate of drug-likeness (QED) is 0.0904. The molecule has 0 atom stereocenters. The Bertz CT molecular complexity index is 3800. The van der Waals surface area contributed by atoms with Gasteiger partial charge in [0.1, 0.15) is 0 Å². The van der Waals surface area contributed by atoms with Crippen LogP contribution < -0.4 is 9.80 Å². The largest absolute Gasteiger partial charge is 0.310 e. The summed E-state index contributed by atoms with van der Waals surface area (Å²) in [4.78, 5) is 8.54. The van der Waals surface area contributed by atoms with E-state index in [0.29, 0.717) is 11.3 Å². The Balaban J connectivity index is 1.10. The van der Waals surface area contributed by atoms with Gasteiger partial charge < -0.3 is 9.80 Å². The fourth-order valence-corrected chi connectivity index (χ4v) is 10.7. The summed E-state index contributed by atoms with van der Waals surface area (Å²) in [5, 5.41) is 16.8. The van der Waals surface area contributed by atoms with Gasteiger partial charge in [-0.1, -0.05) is 172 Å². The zero-order chi connectivity index (χ0) is 50.1. The summed E-state index contributed by atoms with van der Waals surface area (Å²) in [6, 6.07) is 89.4. The molecule has 12 aromatic rings. The van der Waals surface area contributed by atoms with E-state index in [-0.39, 0.29) is 0 Å². The first-order valence-corrected chi connectivity index (χ1v) is 25.3. The number of rotatable bonds is 12. The van der Waals surface area contributed by atoms with Gasteiger partial charge in [-0.3, -0.25) is 0 Å². The van der Waals surface area contributed by atoms with E-state index in [2.05, 4.69) is 253 Å². The van der Waals surface area contributed by atoms with Crippen molar-refractivity contribution in [2.75, 3.05) is 9.80 Å². The lowest BCUT2D eigenvalue weighted by Gasteiger charge is -2.30. The zero-order valence-electron chi connectivity index (χ0n) is 41.3. The molecule has 0 N–H and O–H groups in total. The molecular weight excluding hydrogens is 897 g/mol. The lowest BCUT2D eigenvalue weighted by Crippen LogP contribution is -2.12. The van der Waals surface area contributed by atoms with Crippen LogP contribution >= 0.6 is 0 Å². The van der Waals surface area contributed by atoms with E-state index < -0.39 is 0 Å². The van der Waals surface area contributed by atoms with Crippen molar-refractivity contribution in [2.24, 2.45) is 0 Å². The van der Waals surface area contributed by atoms with Crippen LogP contribution in [0.25, 0.3) is 81.7 Å². The summed E-state index contributed by atoms with van der Waals surface area (Å²) in [7, 11) is 0. The summed E-state index contributed by atoms with van der Waals surface area (Å²) in [6.07, 6.45) is 1.89. The molecule has 12 aromatic carbocycles. The van der Waals surface area contributed by atoms with Crippen LogP contribution in [0.2, 0.25) is 0 Å². The Kier molecular flexibility index (Phi) is 11.9. The number of aryl methyl sites for hydroxylation is 2. The van der Waals surface area contributed by atoms with E-state index in [0.717, 1.165) is 102 Å². The molecular formula is C70H50N4. The van der Waals surface area contributed by atoms with Gasteiger partial charge in [-0.25, -0.2) is 4.85 Å². The van der Waals surface area contributed by atoms with E-state index in [1.807, 2.05) is 24.3 Å². The minimum atomic E-state index is 0.619. The van der Waals surface area contributed by atoms with Gasteiger partial charge in [-0.2, -0.15) is 5.26 Å². The highest BCUT2D eigenvalue weighted by Crippen LogP contribution is 2.49. The Morgan fingerprint density at radius 2 is 0.757 bits per heavy atom. The van der Waals surface area contributed by atoms with Gasteiger partial charge in [0, 0.05) is 33.5 Å². The lowest BCUT2D eigenvalue weighted by molar-refractivity contribution is 1.14. The maximum Gasteiger partial charge on any atom is 0.187 e. The normalized spacial score (nSPS) is 11.2. The van der Waals surface area contributed by atoms with Crippen molar-refractivity contribution in [3.8, 4) is 50.6 Å². The highest BCUT2D eigenvalue weighted by atomic mass is 15.2. The maximum absolute atomic E-state index is 9.70. The third kappa shape index (κ3) is 8.45. The van der Waals surface area contributed by atoms with Crippen LogP contribution in [0.1, 0.15) is 30.5 Å². The molecule has 12 rings (SSSR count). The molecule has 0 aliphatic rings. The predicted octanol–water partition coefficient (Wildman–Crippen LogP) is 19.7. The number of benzene rings is 12. The molecule has 0 aliphatic carbocycles. The van der Waals surface area contributed by atoms with E-state index in [4.69, 9.17) is 6.57 Å². The zero-order valence-corrected chi connectivity index (χ0v) is 41.3. The molecule has 74 heavy (non-hydrogen) atoms. The molecule has 0 aromatic heterocycles. The van der Waals surface area contributed by atoms with E-state index in [1.54, 1.807) is 0 Å². The summed E-state index contributed by atoms with van der Waals surface area (Å²) in [5.41, 5.74) is 18.9. The Morgan fingerprint density at radius 1 is 0.378 bits per heavy atom. The molecule has 0 saturated heterocycles. The van der Waals surface area contributed by atoms with Gasteiger partial charge >= 0.3 is 0 Å². The molecule has 4 nitrogen and oxygen atoms in total. The molecule has 0 saturated carbocycles. The van der Waals surface area contributed by atoms with Crippen LogP contribution in [0, 0.1) is 17.9 Å². The fraction of sp³-hybridized carbons (Fsp3) is 0.0571. The van der Waals surface area contributed by atoms with Gasteiger partial charge in [0.2, 0.25) is 0 Å². The van der Waals surface area contributed by atoms with Gasteiger partial charge in [-0.15, -0.1) is 0 Å².